The molecule has 0 unspecified atom stereocenters. The molecule has 28 heavy (non-hydrogen) atoms. The fourth-order valence-corrected chi connectivity index (χ4v) is 5.45. The number of aromatic nitrogens is 3. The molecule has 1 saturated carbocycles. The van der Waals surface area contributed by atoms with E-state index >= 15 is 0 Å². The van der Waals surface area contributed by atoms with Gasteiger partial charge in [-0.1, -0.05) is 0 Å². The van der Waals surface area contributed by atoms with E-state index in [4.69, 9.17) is 9.40 Å². The molecule has 1 aliphatic heterocycles. The van der Waals surface area contributed by atoms with E-state index in [1.807, 2.05) is 6.92 Å². The molecule has 1 atom stereocenters. The normalized spacial score (nSPS) is 21.2. The van der Waals surface area contributed by atoms with Crippen LogP contribution in [0.4, 0.5) is 0 Å². The van der Waals surface area contributed by atoms with Crippen LogP contribution in [0.25, 0.3) is 22.5 Å². The maximum absolute atomic E-state index is 12.9. The summed E-state index contributed by atoms with van der Waals surface area (Å²) in [5, 5.41) is 8.26. The number of nitrogens with zero attached hydrogens (tertiary/aromatic N) is 3. The number of nitrogens with one attached hydrogen (secondary N) is 1. The fraction of sp³-hybridized carbons (Fsp3) is 0.421. The topological polar surface area (TPSA) is 107 Å². The molecule has 0 bridgehead atoms. The number of aryl methyl sites for hydroxylation is 1. The van der Waals surface area contributed by atoms with Gasteiger partial charge in [-0.15, -0.1) is 0 Å². The van der Waals surface area contributed by atoms with Crippen LogP contribution in [0.15, 0.2) is 28.9 Å². The van der Waals surface area contributed by atoms with Crippen LogP contribution >= 0.6 is 0 Å². The number of hydrogen-bond acceptors (Lipinski definition) is 6. The van der Waals surface area contributed by atoms with Crippen LogP contribution in [0.1, 0.15) is 41.4 Å². The minimum Gasteiger partial charge on any atom is -0.463 e. The molecular formula is C19H20N4O4S. The monoisotopic (exact) mass is 400 g/mol. The van der Waals surface area contributed by atoms with E-state index in [1.165, 1.54) is 0 Å². The number of amides is 1. The lowest BCUT2D eigenvalue weighted by molar-refractivity contribution is 0.0952. The molecule has 9 heteroatoms. The average Bonchev–Trinajstić information content (AvgIpc) is 3.06. The van der Waals surface area contributed by atoms with E-state index in [9.17, 15) is 13.2 Å². The highest BCUT2D eigenvalue weighted by atomic mass is 32.2. The van der Waals surface area contributed by atoms with Crippen molar-refractivity contribution in [3.05, 3.63) is 35.7 Å². The quantitative estimate of drug-likeness (QED) is 0.720. The van der Waals surface area contributed by atoms with Gasteiger partial charge in [-0.25, -0.2) is 18.1 Å². The summed E-state index contributed by atoms with van der Waals surface area (Å²) >= 11 is 0. The molecule has 3 aromatic rings. The number of sulfone groups is 1. The van der Waals surface area contributed by atoms with Gasteiger partial charge in [0.15, 0.2) is 21.2 Å². The van der Waals surface area contributed by atoms with Crippen LogP contribution in [0, 0.1) is 6.92 Å². The first-order valence-electron chi connectivity index (χ1n) is 9.36. The number of carbonyl (C=O) groups excluding carboxylic acids is 1. The SMILES string of the molecule is Cc1nn([C@@H]2CCS(=O)(=O)C2)c2nc(-c3ccco3)cc(C(=O)NC3CC3)c12. The Labute approximate surface area is 161 Å². The van der Waals surface area contributed by atoms with Gasteiger partial charge in [-0.2, -0.15) is 5.10 Å². The van der Waals surface area contributed by atoms with Gasteiger partial charge in [-0.3, -0.25) is 4.79 Å². The Hall–Kier alpha value is -2.68. The molecule has 0 radical (unpaired) electrons. The molecule has 0 aromatic carbocycles. The smallest absolute Gasteiger partial charge is 0.252 e. The van der Waals surface area contributed by atoms with Gasteiger partial charge in [0, 0.05) is 6.04 Å². The number of furan rings is 1. The number of fused-ring (bicyclic) bond motifs is 1. The Bertz CT molecular complexity index is 1180. The van der Waals surface area contributed by atoms with Crippen LogP contribution in [-0.4, -0.2) is 46.6 Å². The van der Waals surface area contributed by atoms with Gasteiger partial charge < -0.3 is 9.73 Å². The summed E-state index contributed by atoms with van der Waals surface area (Å²) in [6, 6.07) is 5.21. The summed E-state index contributed by atoms with van der Waals surface area (Å²) in [5.41, 5.74) is 2.21. The first-order valence-corrected chi connectivity index (χ1v) is 11.2. The second-order valence-corrected chi connectivity index (χ2v) is 9.79. The van der Waals surface area contributed by atoms with Gasteiger partial charge in [-0.05, 0) is 44.4 Å². The van der Waals surface area contributed by atoms with Crippen molar-refractivity contribution >= 4 is 26.8 Å². The van der Waals surface area contributed by atoms with Crippen molar-refractivity contribution in [3.63, 3.8) is 0 Å². The van der Waals surface area contributed by atoms with Crippen LogP contribution in [0.3, 0.4) is 0 Å². The third-order valence-corrected chi connectivity index (χ3v) is 7.07. The van der Waals surface area contributed by atoms with Crippen molar-refractivity contribution in [1.82, 2.24) is 20.1 Å². The lowest BCUT2D eigenvalue weighted by atomic mass is 10.1. The van der Waals surface area contributed by atoms with E-state index in [2.05, 4.69) is 10.4 Å². The predicted octanol–water partition coefficient (Wildman–Crippen LogP) is 2.25. The van der Waals surface area contributed by atoms with Crippen molar-refractivity contribution in [3.8, 4) is 11.5 Å². The van der Waals surface area contributed by atoms with Gasteiger partial charge in [0.2, 0.25) is 0 Å². The van der Waals surface area contributed by atoms with E-state index in [0.29, 0.717) is 40.2 Å². The van der Waals surface area contributed by atoms with Crippen LogP contribution < -0.4 is 5.32 Å². The molecule has 3 aromatic heterocycles. The van der Waals surface area contributed by atoms with Crippen molar-refractivity contribution in [1.29, 1.82) is 0 Å². The largest absolute Gasteiger partial charge is 0.463 e. The molecule has 4 heterocycles. The highest BCUT2D eigenvalue weighted by Gasteiger charge is 2.33. The summed E-state index contributed by atoms with van der Waals surface area (Å²) in [5.74, 6) is 0.570. The summed E-state index contributed by atoms with van der Waals surface area (Å²) in [6.45, 7) is 1.82. The molecule has 1 amide bonds. The lowest BCUT2D eigenvalue weighted by Crippen LogP contribution is -2.25. The van der Waals surface area contributed by atoms with Gasteiger partial charge in [0.05, 0.1) is 40.5 Å². The molecule has 5 rings (SSSR count). The van der Waals surface area contributed by atoms with Crippen LogP contribution in [0.5, 0.6) is 0 Å². The van der Waals surface area contributed by atoms with Crippen LogP contribution in [-0.2, 0) is 9.84 Å². The minimum absolute atomic E-state index is 0.0412. The zero-order chi connectivity index (χ0) is 19.5. The summed E-state index contributed by atoms with van der Waals surface area (Å²) in [6.07, 6.45) is 4.03. The van der Waals surface area contributed by atoms with Crippen molar-refractivity contribution < 1.29 is 17.6 Å². The van der Waals surface area contributed by atoms with Gasteiger partial charge >= 0.3 is 0 Å². The Morgan fingerprint density at radius 3 is 2.79 bits per heavy atom. The second kappa shape index (κ2) is 6.16. The Kier molecular flexibility index (Phi) is 3.84. The second-order valence-electron chi connectivity index (χ2n) is 7.57. The predicted molar refractivity (Wildman–Crippen MR) is 103 cm³/mol. The highest BCUT2D eigenvalue weighted by molar-refractivity contribution is 7.91. The van der Waals surface area contributed by atoms with Gasteiger partial charge in [0.25, 0.3) is 5.91 Å². The zero-order valence-corrected chi connectivity index (χ0v) is 16.2. The maximum atomic E-state index is 12.9. The van der Waals surface area contributed by atoms with E-state index < -0.39 is 9.84 Å². The van der Waals surface area contributed by atoms with Gasteiger partial charge in [0.1, 0.15) is 5.69 Å². The fourth-order valence-electron chi connectivity index (χ4n) is 3.76. The number of pyridine rings is 1. The third kappa shape index (κ3) is 2.99. The lowest BCUT2D eigenvalue weighted by Gasteiger charge is -2.11. The molecular weight excluding hydrogens is 380 g/mol. The highest BCUT2D eigenvalue weighted by Crippen LogP contribution is 2.32. The third-order valence-electron chi connectivity index (χ3n) is 5.32. The summed E-state index contributed by atoms with van der Waals surface area (Å²) in [7, 11) is -3.08. The zero-order valence-electron chi connectivity index (χ0n) is 15.4. The first-order chi connectivity index (χ1) is 13.4. The average molecular weight is 400 g/mol. The summed E-state index contributed by atoms with van der Waals surface area (Å²) < 4.78 is 31.1. The molecule has 8 nitrogen and oxygen atoms in total. The summed E-state index contributed by atoms with van der Waals surface area (Å²) in [4.78, 5) is 17.6. The molecule has 1 N–H and O–H groups in total. The van der Waals surface area contributed by atoms with E-state index in [0.717, 1.165) is 12.8 Å². The molecule has 2 fully saturated rings. The molecule has 2 aliphatic rings. The van der Waals surface area contributed by atoms with Crippen molar-refractivity contribution in [2.45, 2.75) is 38.3 Å². The number of rotatable bonds is 4. The minimum atomic E-state index is -3.08. The Balaban J connectivity index is 1.70. The first kappa shape index (κ1) is 17.4. The molecule has 1 saturated heterocycles. The molecule has 1 aliphatic carbocycles. The van der Waals surface area contributed by atoms with E-state index in [-0.39, 0.29) is 29.5 Å². The number of carbonyl (C=O) groups is 1. The van der Waals surface area contributed by atoms with Crippen molar-refractivity contribution in [2.75, 3.05) is 11.5 Å². The Morgan fingerprint density at radius 1 is 1.32 bits per heavy atom. The molecule has 0 spiro atoms. The van der Waals surface area contributed by atoms with Crippen LogP contribution in [0.2, 0.25) is 0 Å². The molecule has 146 valence electrons. The van der Waals surface area contributed by atoms with E-state index in [1.54, 1.807) is 29.1 Å². The van der Waals surface area contributed by atoms with Crippen molar-refractivity contribution in [2.24, 2.45) is 0 Å². The maximum Gasteiger partial charge on any atom is 0.252 e. The standard InChI is InChI=1S/C19H20N4O4S/c1-11-17-14(19(24)20-12-4-5-12)9-15(16-3-2-7-27-16)21-18(17)23(22-11)13-6-8-28(25,26)10-13/h2-3,7,9,12-13H,4-6,8,10H2,1H3,(H,20,24)/t13-/m1/s1. The Morgan fingerprint density at radius 2 is 2.14 bits per heavy atom. The number of hydrogen-bond donors (Lipinski definition) is 1.